The van der Waals surface area contributed by atoms with Crippen LogP contribution in [0.3, 0.4) is 0 Å². The zero-order valence-electron chi connectivity index (χ0n) is 11.0. The van der Waals surface area contributed by atoms with E-state index in [0.29, 0.717) is 12.0 Å². The molecule has 1 rings (SSSR count). The zero-order valence-corrected chi connectivity index (χ0v) is 11.0. The molecule has 108 valence electrons. The van der Waals surface area contributed by atoms with Gasteiger partial charge in [0.2, 0.25) is 6.41 Å². The van der Waals surface area contributed by atoms with Gasteiger partial charge in [0.25, 0.3) is 0 Å². The lowest BCUT2D eigenvalue weighted by molar-refractivity contribution is -0.385. The summed E-state index contributed by atoms with van der Waals surface area (Å²) in [6.07, 6.45) is 0.381. The van der Waals surface area contributed by atoms with Gasteiger partial charge in [0.15, 0.2) is 5.75 Å². The summed E-state index contributed by atoms with van der Waals surface area (Å²) in [5, 5.41) is 22.5. The molecule has 0 radical (unpaired) electrons. The molecule has 0 aliphatic heterocycles. The number of carbonyl (C=O) groups is 2. The number of nitrogens with one attached hydrogen (secondary N) is 1. The number of carbonyl (C=O) groups excluding carboxylic acids is 2. The fraction of sp³-hybridized carbons (Fsp3) is 0.333. The highest BCUT2D eigenvalue weighted by atomic mass is 16.6. The first kappa shape index (κ1) is 15.4. The largest absolute Gasteiger partial charge is 0.502 e. The summed E-state index contributed by atoms with van der Waals surface area (Å²) >= 11 is 0. The lowest BCUT2D eigenvalue weighted by atomic mass is 9.92. The molecular formula is C12H14N2O6. The predicted molar refractivity (Wildman–Crippen MR) is 68.1 cm³/mol. The van der Waals surface area contributed by atoms with Crippen molar-refractivity contribution in [3.05, 3.63) is 33.9 Å². The highest BCUT2D eigenvalue weighted by molar-refractivity contribution is 5.83. The first-order valence-electron chi connectivity index (χ1n) is 5.60. The number of rotatable bonds is 6. The Kier molecular flexibility index (Phi) is 4.63. The van der Waals surface area contributed by atoms with Gasteiger partial charge in [-0.3, -0.25) is 14.9 Å². The van der Waals surface area contributed by atoms with Gasteiger partial charge in [-0.25, -0.2) is 4.79 Å². The number of aromatic hydroxyl groups is 1. The number of nitro groups is 1. The van der Waals surface area contributed by atoms with E-state index in [0.717, 1.165) is 6.07 Å². The third-order valence-corrected chi connectivity index (χ3v) is 2.81. The Labute approximate surface area is 114 Å². The van der Waals surface area contributed by atoms with Crippen molar-refractivity contribution in [2.75, 3.05) is 7.11 Å². The summed E-state index contributed by atoms with van der Waals surface area (Å²) in [5.41, 5.74) is -1.31. The molecule has 1 aromatic carbocycles. The molecule has 0 unspecified atom stereocenters. The van der Waals surface area contributed by atoms with E-state index >= 15 is 0 Å². The number of hydrogen-bond acceptors (Lipinski definition) is 6. The van der Waals surface area contributed by atoms with Crippen LogP contribution in [0.2, 0.25) is 0 Å². The average Bonchev–Trinajstić information content (AvgIpc) is 2.37. The lowest BCUT2D eigenvalue weighted by Crippen LogP contribution is -2.51. The van der Waals surface area contributed by atoms with Gasteiger partial charge in [0.1, 0.15) is 5.54 Å². The number of hydrogen-bond donors (Lipinski definition) is 2. The minimum Gasteiger partial charge on any atom is -0.502 e. The summed E-state index contributed by atoms with van der Waals surface area (Å²) in [5.74, 6) is -1.17. The summed E-state index contributed by atoms with van der Waals surface area (Å²) in [4.78, 5) is 32.1. The number of amides is 1. The van der Waals surface area contributed by atoms with E-state index in [9.17, 15) is 24.8 Å². The van der Waals surface area contributed by atoms with Crippen LogP contribution in [-0.4, -0.2) is 35.1 Å². The Balaban J connectivity index is 3.06. The van der Waals surface area contributed by atoms with Crippen LogP contribution in [-0.2, 0) is 20.7 Å². The van der Waals surface area contributed by atoms with Crippen LogP contribution >= 0.6 is 0 Å². The Morgan fingerprint density at radius 1 is 1.60 bits per heavy atom. The van der Waals surface area contributed by atoms with Crippen LogP contribution in [0.5, 0.6) is 5.75 Å². The van der Waals surface area contributed by atoms with Crippen LogP contribution in [0.4, 0.5) is 5.69 Å². The lowest BCUT2D eigenvalue weighted by Gasteiger charge is -2.25. The van der Waals surface area contributed by atoms with E-state index in [-0.39, 0.29) is 6.42 Å². The molecule has 0 fully saturated rings. The maximum Gasteiger partial charge on any atom is 0.331 e. The van der Waals surface area contributed by atoms with Crippen molar-refractivity contribution in [1.29, 1.82) is 0 Å². The fourth-order valence-corrected chi connectivity index (χ4v) is 1.78. The molecule has 8 nitrogen and oxygen atoms in total. The summed E-state index contributed by atoms with van der Waals surface area (Å²) in [6.45, 7) is 1.45. The van der Waals surface area contributed by atoms with Crippen molar-refractivity contribution >= 4 is 18.1 Å². The number of benzene rings is 1. The Bertz CT molecular complexity index is 545. The molecule has 0 heterocycles. The van der Waals surface area contributed by atoms with Crippen LogP contribution in [0.25, 0.3) is 0 Å². The number of ether oxygens (including phenoxy) is 1. The van der Waals surface area contributed by atoms with Gasteiger partial charge in [-0.2, -0.15) is 0 Å². The molecule has 1 atom stereocenters. The van der Waals surface area contributed by atoms with E-state index in [1.165, 1.54) is 26.2 Å². The summed E-state index contributed by atoms with van der Waals surface area (Å²) < 4.78 is 4.60. The van der Waals surface area contributed by atoms with E-state index in [2.05, 4.69) is 10.1 Å². The van der Waals surface area contributed by atoms with Gasteiger partial charge >= 0.3 is 11.7 Å². The average molecular weight is 282 g/mol. The van der Waals surface area contributed by atoms with Gasteiger partial charge in [-0.05, 0) is 18.6 Å². The molecule has 0 aliphatic rings. The van der Waals surface area contributed by atoms with E-state index in [4.69, 9.17) is 0 Å². The minimum atomic E-state index is -1.32. The van der Waals surface area contributed by atoms with Crippen LogP contribution in [0.15, 0.2) is 18.2 Å². The second kappa shape index (κ2) is 6.00. The SMILES string of the molecule is COC(=O)[C@@](C)(Cc1ccc([N+](=O)[O-])c(O)c1)NC=O. The Hall–Kier alpha value is -2.64. The molecule has 20 heavy (non-hydrogen) atoms. The smallest absolute Gasteiger partial charge is 0.331 e. The predicted octanol–water partition coefficient (Wildman–Crippen LogP) is 0.521. The molecular weight excluding hydrogens is 268 g/mol. The van der Waals surface area contributed by atoms with E-state index < -0.39 is 27.9 Å². The standard InChI is InChI=1S/C12H14N2O6/c1-12(13-7-15,11(17)20-2)6-8-3-4-9(14(18)19)10(16)5-8/h3-5,7,16H,6H2,1-2H3,(H,13,15)/t12-/m1/s1. The molecule has 0 saturated carbocycles. The van der Waals surface area contributed by atoms with Crippen molar-refractivity contribution in [2.45, 2.75) is 18.9 Å². The first-order valence-corrected chi connectivity index (χ1v) is 5.60. The quantitative estimate of drug-likeness (QED) is 0.340. The number of methoxy groups -OCH3 is 1. The third kappa shape index (κ3) is 3.22. The van der Waals surface area contributed by atoms with Crippen molar-refractivity contribution in [3.63, 3.8) is 0 Å². The monoisotopic (exact) mass is 282 g/mol. The molecule has 1 aromatic rings. The minimum absolute atomic E-state index is 0.0178. The van der Waals surface area contributed by atoms with Crippen molar-refractivity contribution < 1.29 is 24.4 Å². The van der Waals surface area contributed by atoms with E-state index in [1.807, 2.05) is 0 Å². The van der Waals surface area contributed by atoms with Crippen molar-refractivity contribution in [2.24, 2.45) is 0 Å². The Morgan fingerprint density at radius 2 is 2.25 bits per heavy atom. The number of nitrogens with zero attached hydrogens (tertiary/aromatic N) is 1. The molecule has 0 spiro atoms. The number of phenolic OH excluding ortho intramolecular Hbond substituents is 1. The maximum atomic E-state index is 11.7. The highest BCUT2D eigenvalue weighted by Crippen LogP contribution is 2.28. The first-order chi connectivity index (χ1) is 9.34. The second-order valence-electron chi connectivity index (χ2n) is 4.34. The van der Waals surface area contributed by atoms with Crippen molar-refractivity contribution in [3.8, 4) is 5.75 Å². The Morgan fingerprint density at radius 3 is 2.70 bits per heavy atom. The summed E-state index contributed by atoms with van der Waals surface area (Å²) in [6, 6.07) is 3.70. The van der Waals surface area contributed by atoms with E-state index in [1.54, 1.807) is 0 Å². The molecule has 8 heteroatoms. The highest BCUT2D eigenvalue weighted by Gasteiger charge is 2.34. The fourth-order valence-electron chi connectivity index (χ4n) is 1.78. The summed E-state index contributed by atoms with van der Waals surface area (Å²) in [7, 11) is 1.18. The molecule has 0 bridgehead atoms. The second-order valence-corrected chi connectivity index (χ2v) is 4.34. The van der Waals surface area contributed by atoms with Crippen LogP contribution < -0.4 is 5.32 Å². The maximum absolute atomic E-state index is 11.7. The zero-order chi connectivity index (χ0) is 15.3. The third-order valence-electron chi connectivity index (χ3n) is 2.81. The van der Waals surface area contributed by atoms with Crippen molar-refractivity contribution in [1.82, 2.24) is 5.32 Å². The van der Waals surface area contributed by atoms with Gasteiger partial charge in [-0.15, -0.1) is 0 Å². The molecule has 1 amide bonds. The van der Waals surface area contributed by atoms with Gasteiger partial charge < -0.3 is 15.2 Å². The molecule has 2 N–H and O–H groups in total. The topological polar surface area (TPSA) is 119 Å². The molecule has 0 aliphatic carbocycles. The number of phenols is 1. The number of esters is 1. The van der Waals surface area contributed by atoms with Gasteiger partial charge in [-0.1, -0.05) is 6.07 Å². The number of nitro benzene ring substituents is 1. The van der Waals surface area contributed by atoms with Gasteiger partial charge in [0.05, 0.1) is 12.0 Å². The van der Waals surface area contributed by atoms with Gasteiger partial charge in [0, 0.05) is 12.5 Å². The van der Waals surface area contributed by atoms with Crippen LogP contribution in [0.1, 0.15) is 12.5 Å². The normalized spacial score (nSPS) is 13.1. The van der Waals surface area contributed by atoms with Crippen LogP contribution in [0, 0.1) is 10.1 Å². The molecule has 0 aromatic heterocycles. The molecule has 0 saturated heterocycles.